The number of nitrogens with zero attached hydrogens (tertiary/aromatic N) is 6. The number of halogens is 4. The summed E-state index contributed by atoms with van der Waals surface area (Å²) >= 11 is 0. The number of aromatic nitrogens is 2. The number of ether oxygens (including phenoxy) is 2. The number of amides is 2. The number of morpholine rings is 2. The second-order valence-electron chi connectivity index (χ2n) is 10.6. The third kappa shape index (κ3) is 6.24. The Morgan fingerprint density at radius 2 is 1.72 bits per heavy atom. The SMILES string of the molecule is O=C1C=C(C(F)(F)F)C(C(=O)Nc2cc(-c3cnc(N4CCOCC4)nc3)c(F)cc2N2CCN3CCOCC3C2)C=N1. The number of benzene rings is 1. The van der Waals surface area contributed by atoms with Crippen molar-refractivity contribution in [1.82, 2.24) is 14.9 Å². The highest BCUT2D eigenvalue weighted by molar-refractivity contribution is 6.11. The maximum atomic E-state index is 15.7. The number of fused-ring (bicyclic) bond motifs is 1. The number of rotatable bonds is 5. The van der Waals surface area contributed by atoms with Crippen LogP contribution in [-0.2, 0) is 19.1 Å². The summed E-state index contributed by atoms with van der Waals surface area (Å²) in [4.78, 5) is 43.2. The van der Waals surface area contributed by atoms with Crippen molar-refractivity contribution in [1.29, 1.82) is 0 Å². The molecule has 43 heavy (non-hydrogen) atoms. The number of dihydropyridines is 1. The number of nitrogens with one attached hydrogen (secondary N) is 1. The number of anilines is 3. The second-order valence-corrected chi connectivity index (χ2v) is 10.6. The van der Waals surface area contributed by atoms with E-state index in [9.17, 15) is 22.8 Å². The number of carbonyl (C=O) groups is 2. The molecule has 3 saturated heterocycles. The molecule has 1 N–H and O–H groups in total. The highest BCUT2D eigenvalue weighted by Crippen LogP contribution is 2.38. The first-order chi connectivity index (χ1) is 20.7. The van der Waals surface area contributed by atoms with Crippen LogP contribution in [0.5, 0.6) is 0 Å². The molecule has 228 valence electrons. The van der Waals surface area contributed by atoms with Crippen LogP contribution in [0.2, 0.25) is 0 Å². The molecule has 4 aliphatic rings. The number of hydrogen-bond donors (Lipinski definition) is 1. The van der Waals surface area contributed by atoms with Gasteiger partial charge in [0.2, 0.25) is 11.9 Å². The molecule has 0 saturated carbocycles. The van der Waals surface area contributed by atoms with Crippen LogP contribution < -0.4 is 15.1 Å². The van der Waals surface area contributed by atoms with Crippen molar-refractivity contribution >= 4 is 35.4 Å². The van der Waals surface area contributed by atoms with Crippen LogP contribution in [0.4, 0.5) is 34.9 Å². The zero-order valence-electron chi connectivity index (χ0n) is 23.0. The minimum absolute atomic E-state index is 0.0335. The maximum absolute atomic E-state index is 15.7. The first-order valence-electron chi connectivity index (χ1n) is 13.9. The lowest BCUT2D eigenvalue weighted by Crippen LogP contribution is -2.58. The van der Waals surface area contributed by atoms with Crippen molar-refractivity contribution in [3.8, 4) is 11.1 Å². The third-order valence-electron chi connectivity index (χ3n) is 7.94. The van der Waals surface area contributed by atoms with Crippen LogP contribution in [-0.4, -0.2) is 111 Å². The molecular formula is C28H29F4N7O4. The van der Waals surface area contributed by atoms with Crippen molar-refractivity contribution < 1.29 is 36.6 Å². The van der Waals surface area contributed by atoms with E-state index in [4.69, 9.17) is 9.47 Å². The van der Waals surface area contributed by atoms with Crippen LogP contribution in [0.15, 0.2) is 41.2 Å². The summed E-state index contributed by atoms with van der Waals surface area (Å²) in [5.41, 5.74) is -0.522. The van der Waals surface area contributed by atoms with Crippen molar-refractivity contribution in [2.45, 2.75) is 12.2 Å². The van der Waals surface area contributed by atoms with Crippen LogP contribution in [0.3, 0.4) is 0 Å². The van der Waals surface area contributed by atoms with Gasteiger partial charge in [-0.05, 0) is 12.1 Å². The van der Waals surface area contributed by atoms with Gasteiger partial charge in [0.1, 0.15) is 11.7 Å². The van der Waals surface area contributed by atoms with Crippen LogP contribution in [0.25, 0.3) is 11.1 Å². The smallest absolute Gasteiger partial charge is 0.378 e. The Labute approximate surface area is 244 Å². The van der Waals surface area contributed by atoms with Crippen molar-refractivity contribution in [3.05, 3.63) is 42.0 Å². The molecule has 1 aromatic carbocycles. The van der Waals surface area contributed by atoms with Crippen molar-refractivity contribution in [3.63, 3.8) is 0 Å². The molecule has 11 nitrogen and oxygen atoms in total. The Kier molecular flexibility index (Phi) is 8.11. The molecule has 3 fully saturated rings. The van der Waals surface area contributed by atoms with Crippen LogP contribution in [0.1, 0.15) is 0 Å². The zero-order chi connectivity index (χ0) is 30.1. The average Bonchev–Trinajstić information content (AvgIpc) is 3.01. The predicted octanol–water partition coefficient (Wildman–Crippen LogP) is 2.29. The van der Waals surface area contributed by atoms with E-state index in [1.165, 1.54) is 24.5 Å². The molecule has 0 radical (unpaired) electrons. The molecule has 6 rings (SSSR count). The number of hydrogen-bond acceptors (Lipinski definition) is 9. The standard InChI is InChI=1S/C28H29F4N7O4/c29-22-11-24(39-2-1-37-3-8-43-16-18(37)15-39)23(36-26(41)20-14-33-25(40)10-21(20)28(30,31)32)9-19(22)17-12-34-27(35-13-17)38-4-6-42-7-5-38/h9-14,18,20H,1-8,15-16H2,(H,36,41). The van der Waals surface area contributed by atoms with Gasteiger partial charge in [0.05, 0.1) is 49.4 Å². The van der Waals surface area contributed by atoms with E-state index in [0.717, 1.165) is 6.54 Å². The third-order valence-corrected chi connectivity index (χ3v) is 7.94. The molecule has 2 unspecified atom stereocenters. The van der Waals surface area contributed by atoms with Crippen molar-refractivity contribution in [2.24, 2.45) is 10.9 Å². The Bertz CT molecular complexity index is 1440. The molecule has 2 amide bonds. The highest BCUT2D eigenvalue weighted by Gasteiger charge is 2.43. The van der Waals surface area contributed by atoms with E-state index in [-0.39, 0.29) is 17.3 Å². The summed E-state index contributed by atoms with van der Waals surface area (Å²) in [7, 11) is 0. The van der Waals surface area contributed by atoms with Gasteiger partial charge in [0, 0.05) is 75.1 Å². The van der Waals surface area contributed by atoms with Gasteiger partial charge in [0.25, 0.3) is 5.91 Å². The average molecular weight is 604 g/mol. The lowest BCUT2D eigenvalue weighted by atomic mass is 9.95. The summed E-state index contributed by atoms with van der Waals surface area (Å²) in [5.74, 6) is -4.17. The number of aliphatic imine (C=N–C) groups is 1. The Morgan fingerprint density at radius 1 is 0.977 bits per heavy atom. The summed E-state index contributed by atoms with van der Waals surface area (Å²) in [5, 5.41) is 2.57. The lowest BCUT2D eigenvalue weighted by Gasteiger charge is -2.45. The van der Waals surface area contributed by atoms with E-state index >= 15 is 4.39 Å². The van der Waals surface area contributed by atoms with Gasteiger partial charge < -0.3 is 24.6 Å². The molecule has 0 bridgehead atoms. The summed E-state index contributed by atoms with van der Waals surface area (Å²) in [6, 6.07) is 2.67. The Morgan fingerprint density at radius 3 is 2.47 bits per heavy atom. The fourth-order valence-corrected chi connectivity index (χ4v) is 5.66. The Balaban J connectivity index is 1.33. The number of carbonyl (C=O) groups excluding carboxylic acids is 2. The number of piperazine rings is 1. The largest absolute Gasteiger partial charge is 0.414 e. The summed E-state index contributed by atoms with van der Waals surface area (Å²) in [6.45, 7) is 5.81. The van der Waals surface area contributed by atoms with Gasteiger partial charge in [-0.1, -0.05) is 0 Å². The monoisotopic (exact) mass is 603 g/mol. The van der Waals surface area contributed by atoms with E-state index in [0.29, 0.717) is 88.6 Å². The van der Waals surface area contributed by atoms with E-state index < -0.39 is 35.3 Å². The molecule has 0 aliphatic carbocycles. The summed E-state index contributed by atoms with van der Waals surface area (Å²) < 4.78 is 67.9. The van der Waals surface area contributed by atoms with Gasteiger partial charge in [-0.2, -0.15) is 13.2 Å². The van der Waals surface area contributed by atoms with Gasteiger partial charge >= 0.3 is 6.18 Å². The molecular weight excluding hydrogens is 574 g/mol. The molecule has 2 aromatic rings. The molecule has 1 aromatic heterocycles. The second kappa shape index (κ2) is 12.0. The molecule has 0 spiro atoms. The minimum Gasteiger partial charge on any atom is -0.378 e. The van der Waals surface area contributed by atoms with Crippen molar-refractivity contribution in [2.75, 3.05) is 80.8 Å². The predicted molar refractivity (Wildman–Crippen MR) is 149 cm³/mol. The topological polar surface area (TPSA) is 112 Å². The zero-order valence-corrected chi connectivity index (χ0v) is 23.0. The molecule has 5 heterocycles. The van der Waals surface area contributed by atoms with Gasteiger partial charge in [-0.15, -0.1) is 0 Å². The fourth-order valence-electron chi connectivity index (χ4n) is 5.66. The first-order valence-corrected chi connectivity index (χ1v) is 13.9. The van der Waals surface area contributed by atoms with Crippen LogP contribution in [0, 0.1) is 11.7 Å². The van der Waals surface area contributed by atoms with E-state index in [1.54, 1.807) is 0 Å². The number of alkyl halides is 3. The van der Waals surface area contributed by atoms with Crippen LogP contribution >= 0.6 is 0 Å². The quantitative estimate of drug-likeness (QED) is 0.515. The first kappa shape index (κ1) is 29.1. The van der Waals surface area contributed by atoms with Gasteiger partial charge in [0.15, 0.2) is 0 Å². The molecule has 4 aliphatic heterocycles. The van der Waals surface area contributed by atoms with E-state index in [1.807, 2.05) is 9.80 Å². The van der Waals surface area contributed by atoms with E-state index in [2.05, 4.69) is 25.2 Å². The minimum atomic E-state index is -4.93. The molecule has 15 heteroatoms. The Hall–Kier alpha value is -3.95. The van der Waals surface area contributed by atoms with Gasteiger partial charge in [-0.25, -0.2) is 19.4 Å². The van der Waals surface area contributed by atoms with Gasteiger partial charge in [-0.3, -0.25) is 14.5 Å². The summed E-state index contributed by atoms with van der Waals surface area (Å²) in [6.07, 6.45) is -1.01. The molecule has 2 atom stereocenters. The lowest BCUT2D eigenvalue weighted by molar-refractivity contribution is -0.124. The fraction of sp³-hybridized carbons (Fsp3) is 0.464. The maximum Gasteiger partial charge on any atom is 0.414 e. The normalized spacial score (nSPS) is 23.2. The highest BCUT2D eigenvalue weighted by atomic mass is 19.4.